The summed E-state index contributed by atoms with van der Waals surface area (Å²) in [6.07, 6.45) is 1.09. The number of nitrogens with zero attached hydrogens (tertiary/aromatic N) is 2. The third-order valence-electron chi connectivity index (χ3n) is 2.40. The van der Waals surface area contributed by atoms with E-state index in [1.807, 2.05) is 0 Å². The summed E-state index contributed by atoms with van der Waals surface area (Å²) < 4.78 is 0. The molecule has 98 valence electrons. The summed E-state index contributed by atoms with van der Waals surface area (Å²) in [5.41, 5.74) is 4.25. The second-order valence-electron chi connectivity index (χ2n) is 4.38. The first kappa shape index (κ1) is 14.2. The molecule has 0 aromatic carbocycles. The van der Waals surface area contributed by atoms with E-state index in [0.717, 1.165) is 6.20 Å². The van der Waals surface area contributed by atoms with Crippen LogP contribution in [-0.2, 0) is 4.79 Å². The third-order valence-corrected chi connectivity index (χ3v) is 2.69. The van der Waals surface area contributed by atoms with Crippen molar-refractivity contribution in [3.05, 3.63) is 27.4 Å². The van der Waals surface area contributed by atoms with Gasteiger partial charge < -0.3 is 11.1 Å². The average Bonchev–Trinajstić information content (AvgIpc) is 2.26. The highest BCUT2D eigenvalue weighted by Crippen LogP contribution is 2.25. The lowest BCUT2D eigenvalue weighted by molar-refractivity contribution is -0.385. The first-order valence-corrected chi connectivity index (χ1v) is 5.45. The zero-order valence-electron chi connectivity index (χ0n) is 9.94. The largest absolute Gasteiger partial charge is 0.369 e. The Kier molecular flexibility index (Phi) is 4.07. The van der Waals surface area contributed by atoms with Crippen LogP contribution in [0.1, 0.15) is 13.8 Å². The summed E-state index contributed by atoms with van der Waals surface area (Å²) in [4.78, 5) is 24.8. The second-order valence-corrected chi connectivity index (χ2v) is 4.79. The minimum Gasteiger partial charge on any atom is -0.369 e. The molecule has 7 nitrogen and oxygen atoms in total. The van der Waals surface area contributed by atoms with Crippen LogP contribution < -0.4 is 11.1 Å². The van der Waals surface area contributed by atoms with E-state index >= 15 is 0 Å². The average molecular weight is 273 g/mol. The predicted molar refractivity (Wildman–Crippen MR) is 67.4 cm³/mol. The zero-order chi connectivity index (χ0) is 13.9. The maximum atomic E-state index is 11.1. The minimum atomic E-state index is -0.771. The van der Waals surface area contributed by atoms with Crippen LogP contribution in [0.3, 0.4) is 0 Å². The smallest absolute Gasteiger partial charge is 0.289 e. The molecule has 1 aromatic heterocycles. The maximum absolute atomic E-state index is 11.1. The molecule has 0 bridgehead atoms. The van der Waals surface area contributed by atoms with E-state index in [1.54, 1.807) is 13.8 Å². The quantitative estimate of drug-likeness (QED) is 0.624. The van der Waals surface area contributed by atoms with Gasteiger partial charge in [0.25, 0.3) is 5.69 Å². The molecule has 0 saturated heterocycles. The number of anilines is 1. The number of nitrogens with one attached hydrogen (secondary N) is 1. The van der Waals surface area contributed by atoms with Gasteiger partial charge in [-0.3, -0.25) is 14.9 Å². The van der Waals surface area contributed by atoms with Crippen LogP contribution in [0.2, 0.25) is 5.02 Å². The molecule has 0 unspecified atom stereocenters. The van der Waals surface area contributed by atoms with Crippen LogP contribution in [0, 0.1) is 15.5 Å². The number of aromatic nitrogens is 1. The number of carbonyl (C=O) groups is 1. The molecule has 1 rings (SSSR count). The van der Waals surface area contributed by atoms with Gasteiger partial charge in [-0.15, -0.1) is 0 Å². The van der Waals surface area contributed by atoms with E-state index in [1.165, 1.54) is 6.07 Å². The van der Waals surface area contributed by atoms with E-state index in [9.17, 15) is 14.9 Å². The number of rotatable bonds is 5. The fourth-order valence-corrected chi connectivity index (χ4v) is 1.28. The number of carbonyl (C=O) groups excluding carboxylic acids is 1. The lowest BCUT2D eigenvalue weighted by Gasteiger charge is -2.21. The second kappa shape index (κ2) is 5.18. The Bertz CT molecular complexity index is 490. The monoisotopic (exact) mass is 272 g/mol. The molecule has 0 saturated carbocycles. The Hall–Kier alpha value is -1.89. The Morgan fingerprint density at radius 1 is 1.67 bits per heavy atom. The number of pyridine rings is 1. The number of halogens is 1. The predicted octanol–water partition coefficient (Wildman–Crippen LogP) is 1.57. The summed E-state index contributed by atoms with van der Waals surface area (Å²) in [7, 11) is 0. The molecule has 1 amide bonds. The van der Waals surface area contributed by atoms with E-state index in [2.05, 4.69) is 10.3 Å². The van der Waals surface area contributed by atoms with Crippen molar-refractivity contribution < 1.29 is 9.72 Å². The van der Waals surface area contributed by atoms with Crippen LogP contribution in [0.25, 0.3) is 0 Å². The standard InChI is InChI=1S/C10H13ClN4O3/c1-10(2,9(12)16)5-14-8-7(11)3-6(4-13-8)15(17)18/h3-4H,5H2,1-2H3,(H2,12,16)(H,13,14). The van der Waals surface area contributed by atoms with Crippen molar-refractivity contribution in [3.8, 4) is 0 Å². The summed E-state index contributed by atoms with van der Waals surface area (Å²) >= 11 is 5.84. The molecule has 8 heteroatoms. The summed E-state index contributed by atoms with van der Waals surface area (Å²) in [5, 5.41) is 13.4. The topological polar surface area (TPSA) is 111 Å². The van der Waals surface area contributed by atoms with Crippen molar-refractivity contribution in [1.29, 1.82) is 0 Å². The van der Waals surface area contributed by atoms with Crippen LogP contribution in [0.15, 0.2) is 12.3 Å². The highest BCUT2D eigenvalue weighted by Gasteiger charge is 2.25. The van der Waals surface area contributed by atoms with Gasteiger partial charge in [-0.1, -0.05) is 11.6 Å². The van der Waals surface area contributed by atoms with Gasteiger partial charge in [-0.2, -0.15) is 0 Å². The number of amides is 1. The van der Waals surface area contributed by atoms with Gasteiger partial charge >= 0.3 is 0 Å². The van der Waals surface area contributed by atoms with Crippen molar-refractivity contribution in [2.24, 2.45) is 11.1 Å². The number of nitrogens with two attached hydrogens (primary N) is 1. The first-order valence-electron chi connectivity index (χ1n) is 5.08. The molecular weight excluding hydrogens is 260 g/mol. The Morgan fingerprint density at radius 3 is 2.72 bits per heavy atom. The van der Waals surface area contributed by atoms with Crippen molar-refractivity contribution in [2.45, 2.75) is 13.8 Å². The molecule has 3 N–H and O–H groups in total. The van der Waals surface area contributed by atoms with Crippen LogP contribution in [0.4, 0.5) is 11.5 Å². The zero-order valence-corrected chi connectivity index (χ0v) is 10.7. The molecule has 0 aliphatic heterocycles. The fraction of sp³-hybridized carbons (Fsp3) is 0.400. The van der Waals surface area contributed by atoms with Gasteiger partial charge in [0, 0.05) is 12.6 Å². The number of primary amides is 1. The van der Waals surface area contributed by atoms with Gasteiger partial charge in [0.1, 0.15) is 12.0 Å². The van der Waals surface area contributed by atoms with Crippen molar-refractivity contribution >= 4 is 29.0 Å². The molecule has 0 fully saturated rings. The molecular formula is C10H13ClN4O3. The van der Waals surface area contributed by atoms with E-state index in [0.29, 0.717) is 0 Å². The third kappa shape index (κ3) is 3.30. The van der Waals surface area contributed by atoms with E-state index in [-0.39, 0.29) is 23.1 Å². The first-order chi connectivity index (χ1) is 8.24. The summed E-state index contributed by atoms with van der Waals surface area (Å²) in [6, 6.07) is 1.19. The molecule has 18 heavy (non-hydrogen) atoms. The number of nitro groups is 1. The van der Waals surface area contributed by atoms with Gasteiger partial charge in [0.15, 0.2) is 0 Å². The Morgan fingerprint density at radius 2 is 2.28 bits per heavy atom. The van der Waals surface area contributed by atoms with Gasteiger partial charge in [-0.25, -0.2) is 4.98 Å². The number of hydrogen-bond donors (Lipinski definition) is 2. The van der Waals surface area contributed by atoms with Crippen molar-refractivity contribution in [3.63, 3.8) is 0 Å². The lowest BCUT2D eigenvalue weighted by atomic mass is 9.93. The highest BCUT2D eigenvalue weighted by molar-refractivity contribution is 6.33. The highest BCUT2D eigenvalue weighted by atomic mass is 35.5. The molecule has 0 atom stereocenters. The van der Waals surface area contributed by atoms with Crippen LogP contribution >= 0.6 is 11.6 Å². The van der Waals surface area contributed by atoms with Crippen molar-refractivity contribution in [1.82, 2.24) is 4.98 Å². The summed E-state index contributed by atoms with van der Waals surface area (Å²) in [6.45, 7) is 3.57. The Labute approximate surface area is 108 Å². The molecule has 1 heterocycles. The van der Waals surface area contributed by atoms with E-state index < -0.39 is 16.2 Å². The molecule has 0 aliphatic rings. The number of hydrogen-bond acceptors (Lipinski definition) is 5. The van der Waals surface area contributed by atoms with Crippen molar-refractivity contribution in [2.75, 3.05) is 11.9 Å². The molecule has 0 spiro atoms. The van der Waals surface area contributed by atoms with Crippen LogP contribution in [-0.4, -0.2) is 22.4 Å². The Balaban J connectivity index is 2.81. The normalized spacial score (nSPS) is 11.1. The van der Waals surface area contributed by atoms with Gasteiger partial charge in [0.05, 0.1) is 15.4 Å². The summed E-state index contributed by atoms with van der Waals surface area (Å²) in [5.74, 6) is -0.190. The van der Waals surface area contributed by atoms with Gasteiger partial charge in [-0.05, 0) is 13.8 Å². The SMILES string of the molecule is CC(C)(CNc1ncc([N+](=O)[O-])cc1Cl)C(N)=O. The van der Waals surface area contributed by atoms with Gasteiger partial charge in [0.2, 0.25) is 5.91 Å². The molecule has 0 aliphatic carbocycles. The van der Waals surface area contributed by atoms with Crippen LogP contribution in [0.5, 0.6) is 0 Å². The fourth-order valence-electron chi connectivity index (χ4n) is 1.05. The molecule has 0 radical (unpaired) electrons. The molecule has 1 aromatic rings. The lowest BCUT2D eigenvalue weighted by Crippen LogP contribution is -2.37. The minimum absolute atomic E-state index is 0.115. The van der Waals surface area contributed by atoms with E-state index in [4.69, 9.17) is 17.3 Å². The maximum Gasteiger partial charge on any atom is 0.289 e.